The average Bonchev–Trinajstić information content (AvgIpc) is 3.01. The molecule has 2 unspecified atom stereocenters. The van der Waals surface area contributed by atoms with E-state index in [0.717, 1.165) is 6.42 Å². The quantitative estimate of drug-likeness (QED) is 0.745. The van der Waals surface area contributed by atoms with Crippen molar-refractivity contribution in [2.24, 2.45) is 11.7 Å². The summed E-state index contributed by atoms with van der Waals surface area (Å²) in [7, 11) is 0. The van der Waals surface area contributed by atoms with Crippen LogP contribution >= 0.6 is 0 Å². The number of rotatable bonds is 4. The van der Waals surface area contributed by atoms with E-state index in [9.17, 15) is 4.79 Å². The first-order chi connectivity index (χ1) is 7.53. The standard InChI is InChI=1S/C12H22N2O2/c1-8(2)10-7-12(11(13)15,5-6-16-10)14-9-3-4-9/h8-10,14H,3-7H2,1-2H3,(H2,13,15). The minimum atomic E-state index is -0.519. The first-order valence-corrected chi connectivity index (χ1v) is 6.23. The van der Waals surface area contributed by atoms with E-state index >= 15 is 0 Å². The molecule has 2 rings (SSSR count). The predicted octanol–water partition coefficient (Wildman–Crippen LogP) is 0.797. The third-order valence-electron chi connectivity index (χ3n) is 3.68. The lowest BCUT2D eigenvalue weighted by Gasteiger charge is -2.40. The Kier molecular flexibility index (Phi) is 3.22. The first kappa shape index (κ1) is 11.9. The Balaban J connectivity index is 2.07. The molecule has 0 aromatic rings. The number of primary amides is 1. The van der Waals surface area contributed by atoms with Crippen LogP contribution in [0.2, 0.25) is 0 Å². The van der Waals surface area contributed by atoms with Gasteiger partial charge in [0.25, 0.3) is 0 Å². The largest absolute Gasteiger partial charge is 0.378 e. The van der Waals surface area contributed by atoms with Crippen LogP contribution in [0.25, 0.3) is 0 Å². The van der Waals surface area contributed by atoms with Crippen molar-refractivity contribution in [2.45, 2.75) is 57.2 Å². The Hall–Kier alpha value is -0.610. The zero-order chi connectivity index (χ0) is 11.8. The number of amides is 1. The number of carbonyl (C=O) groups is 1. The molecule has 4 heteroatoms. The van der Waals surface area contributed by atoms with E-state index in [2.05, 4.69) is 19.2 Å². The van der Waals surface area contributed by atoms with Crippen LogP contribution in [0.15, 0.2) is 0 Å². The van der Waals surface area contributed by atoms with Crippen LogP contribution < -0.4 is 11.1 Å². The zero-order valence-electron chi connectivity index (χ0n) is 10.2. The summed E-state index contributed by atoms with van der Waals surface area (Å²) < 4.78 is 5.70. The summed E-state index contributed by atoms with van der Waals surface area (Å²) >= 11 is 0. The number of ether oxygens (including phenoxy) is 1. The van der Waals surface area contributed by atoms with Crippen LogP contribution in [0.5, 0.6) is 0 Å². The van der Waals surface area contributed by atoms with Gasteiger partial charge in [-0.3, -0.25) is 4.79 Å². The highest BCUT2D eigenvalue weighted by Crippen LogP contribution is 2.32. The molecule has 1 amide bonds. The summed E-state index contributed by atoms with van der Waals surface area (Å²) in [5, 5.41) is 3.44. The lowest BCUT2D eigenvalue weighted by atomic mass is 9.82. The van der Waals surface area contributed by atoms with Crippen molar-refractivity contribution in [3.63, 3.8) is 0 Å². The highest BCUT2D eigenvalue weighted by Gasteiger charge is 2.45. The third-order valence-corrected chi connectivity index (χ3v) is 3.68. The van der Waals surface area contributed by atoms with Gasteiger partial charge in [-0.2, -0.15) is 0 Å². The maximum Gasteiger partial charge on any atom is 0.237 e. The first-order valence-electron chi connectivity index (χ1n) is 6.23. The summed E-state index contributed by atoms with van der Waals surface area (Å²) in [6.07, 6.45) is 3.91. The lowest BCUT2D eigenvalue weighted by Crippen LogP contribution is -2.61. The van der Waals surface area contributed by atoms with Crippen LogP contribution in [0.4, 0.5) is 0 Å². The van der Waals surface area contributed by atoms with Gasteiger partial charge in [0.15, 0.2) is 0 Å². The number of hydrogen-bond donors (Lipinski definition) is 2. The smallest absolute Gasteiger partial charge is 0.237 e. The van der Waals surface area contributed by atoms with Crippen LogP contribution in [0.1, 0.15) is 39.5 Å². The Labute approximate surface area is 96.9 Å². The zero-order valence-corrected chi connectivity index (χ0v) is 10.2. The van der Waals surface area contributed by atoms with Gasteiger partial charge in [0.05, 0.1) is 6.10 Å². The second-order valence-electron chi connectivity index (χ2n) is 5.47. The maximum absolute atomic E-state index is 11.7. The molecule has 0 bridgehead atoms. The van der Waals surface area contributed by atoms with Gasteiger partial charge in [0.2, 0.25) is 5.91 Å². The van der Waals surface area contributed by atoms with E-state index in [0.29, 0.717) is 25.0 Å². The minimum absolute atomic E-state index is 0.146. The van der Waals surface area contributed by atoms with Gasteiger partial charge in [-0.15, -0.1) is 0 Å². The molecule has 16 heavy (non-hydrogen) atoms. The normalized spacial score (nSPS) is 35.3. The Morgan fingerprint density at radius 3 is 2.69 bits per heavy atom. The van der Waals surface area contributed by atoms with E-state index in [-0.39, 0.29) is 12.0 Å². The second-order valence-corrected chi connectivity index (χ2v) is 5.47. The van der Waals surface area contributed by atoms with Crippen LogP contribution in [0, 0.1) is 5.92 Å². The van der Waals surface area contributed by atoms with Crippen molar-refractivity contribution in [2.75, 3.05) is 6.61 Å². The van der Waals surface area contributed by atoms with Gasteiger partial charge in [-0.05, 0) is 25.2 Å². The fourth-order valence-electron chi connectivity index (χ4n) is 2.36. The molecule has 3 N–H and O–H groups in total. The molecular weight excluding hydrogens is 204 g/mol. The molecule has 0 aromatic heterocycles. The Morgan fingerprint density at radius 2 is 2.19 bits per heavy atom. The molecule has 1 saturated heterocycles. The Bertz CT molecular complexity index is 276. The summed E-state index contributed by atoms with van der Waals surface area (Å²) in [4.78, 5) is 11.7. The van der Waals surface area contributed by atoms with Crippen LogP contribution in [0.3, 0.4) is 0 Å². The number of nitrogens with two attached hydrogens (primary N) is 1. The van der Waals surface area contributed by atoms with Gasteiger partial charge in [-0.1, -0.05) is 13.8 Å². The summed E-state index contributed by atoms with van der Waals surface area (Å²) in [5.41, 5.74) is 5.06. The number of carbonyl (C=O) groups excluding carboxylic acids is 1. The number of nitrogens with one attached hydrogen (secondary N) is 1. The maximum atomic E-state index is 11.7. The van der Waals surface area contributed by atoms with Gasteiger partial charge in [0, 0.05) is 19.1 Å². The molecule has 0 spiro atoms. The molecule has 0 radical (unpaired) electrons. The summed E-state index contributed by atoms with van der Waals surface area (Å²) in [5.74, 6) is 0.216. The van der Waals surface area contributed by atoms with E-state index in [1.807, 2.05) is 0 Å². The molecular formula is C12H22N2O2. The van der Waals surface area contributed by atoms with Crippen molar-refractivity contribution >= 4 is 5.91 Å². The number of hydrogen-bond acceptors (Lipinski definition) is 3. The monoisotopic (exact) mass is 226 g/mol. The molecule has 1 aliphatic carbocycles. The lowest BCUT2D eigenvalue weighted by molar-refractivity contribution is -0.133. The fourth-order valence-corrected chi connectivity index (χ4v) is 2.36. The third kappa shape index (κ3) is 2.38. The second kappa shape index (κ2) is 4.34. The molecule has 2 fully saturated rings. The molecule has 4 nitrogen and oxygen atoms in total. The topological polar surface area (TPSA) is 64.3 Å². The molecule has 0 aromatic carbocycles. The van der Waals surface area contributed by atoms with E-state index in [1.54, 1.807) is 0 Å². The van der Waals surface area contributed by atoms with Crippen molar-refractivity contribution in [1.82, 2.24) is 5.32 Å². The molecule has 1 saturated carbocycles. The van der Waals surface area contributed by atoms with Gasteiger partial charge in [-0.25, -0.2) is 0 Å². The highest BCUT2D eigenvalue weighted by atomic mass is 16.5. The fraction of sp³-hybridized carbons (Fsp3) is 0.917. The summed E-state index contributed by atoms with van der Waals surface area (Å²) in [6.45, 7) is 4.88. The SMILES string of the molecule is CC(C)C1CC(NC2CC2)(C(N)=O)CCO1. The van der Waals surface area contributed by atoms with Crippen LogP contribution in [-0.2, 0) is 9.53 Å². The molecule has 1 aliphatic heterocycles. The van der Waals surface area contributed by atoms with Crippen LogP contribution in [-0.4, -0.2) is 30.2 Å². The average molecular weight is 226 g/mol. The summed E-state index contributed by atoms with van der Waals surface area (Å²) in [6, 6.07) is 0.499. The van der Waals surface area contributed by atoms with E-state index in [4.69, 9.17) is 10.5 Å². The van der Waals surface area contributed by atoms with Crippen molar-refractivity contribution in [3.8, 4) is 0 Å². The molecule has 2 atom stereocenters. The van der Waals surface area contributed by atoms with Crippen molar-refractivity contribution < 1.29 is 9.53 Å². The minimum Gasteiger partial charge on any atom is -0.378 e. The highest BCUT2D eigenvalue weighted by molar-refractivity contribution is 5.85. The van der Waals surface area contributed by atoms with E-state index < -0.39 is 5.54 Å². The van der Waals surface area contributed by atoms with E-state index in [1.165, 1.54) is 12.8 Å². The Morgan fingerprint density at radius 1 is 1.50 bits per heavy atom. The van der Waals surface area contributed by atoms with Gasteiger partial charge < -0.3 is 15.8 Å². The van der Waals surface area contributed by atoms with Crippen molar-refractivity contribution in [1.29, 1.82) is 0 Å². The molecule has 92 valence electrons. The van der Waals surface area contributed by atoms with Gasteiger partial charge in [0.1, 0.15) is 5.54 Å². The van der Waals surface area contributed by atoms with Crippen molar-refractivity contribution in [3.05, 3.63) is 0 Å². The predicted molar refractivity (Wildman–Crippen MR) is 61.9 cm³/mol. The van der Waals surface area contributed by atoms with Gasteiger partial charge >= 0.3 is 0 Å². The molecule has 2 aliphatic rings. The molecule has 1 heterocycles.